The highest BCUT2D eigenvalue weighted by molar-refractivity contribution is 5.85. The number of benzene rings is 1. The van der Waals surface area contributed by atoms with Crippen molar-refractivity contribution in [2.45, 2.75) is 13.5 Å². The number of carboxylic acid groups (broad SMARTS) is 1. The molecule has 0 saturated carbocycles. The van der Waals surface area contributed by atoms with Gasteiger partial charge >= 0.3 is 12.0 Å². The van der Waals surface area contributed by atoms with Crippen LogP contribution in [0.15, 0.2) is 30.5 Å². The third-order valence-electron chi connectivity index (χ3n) is 2.36. The fourth-order valence-corrected chi connectivity index (χ4v) is 1.55. The van der Waals surface area contributed by atoms with Crippen LogP contribution in [0.4, 0.5) is 4.39 Å². The fourth-order valence-electron chi connectivity index (χ4n) is 1.55. The fraction of sp³-hybridized carbons (Fsp3) is 0.167. The summed E-state index contributed by atoms with van der Waals surface area (Å²) in [5.74, 6) is -1.24. The van der Waals surface area contributed by atoms with E-state index in [0.29, 0.717) is 6.54 Å². The van der Waals surface area contributed by atoms with Gasteiger partial charge in [-0.2, -0.15) is 0 Å². The van der Waals surface area contributed by atoms with Crippen LogP contribution < -0.4 is 4.74 Å². The first kappa shape index (κ1) is 12.1. The van der Waals surface area contributed by atoms with Crippen LogP contribution >= 0.6 is 0 Å². The molecule has 2 rings (SSSR count). The Kier molecular flexibility index (Phi) is 3.27. The Morgan fingerprint density at radius 2 is 2.33 bits per heavy atom. The maximum absolute atomic E-state index is 13.0. The normalized spacial score (nSPS) is 10.3. The summed E-state index contributed by atoms with van der Waals surface area (Å²) in [4.78, 5) is 14.8. The first-order valence-corrected chi connectivity index (χ1v) is 5.34. The molecule has 0 atom stereocenters. The molecule has 1 N–H and O–H groups in total. The largest absolute Gasteiger partial charge is 0.477 e. The van der Waals surface area contributed by atoms with Crippen molar-refractivity contribution in [3.63, 3.8) is 0 Å². The molecule has 5 nitrogen and oxygen atoms in total. The van der Waals surface area contributed by atoms with E-state index in [1.165, 1.54) is 29.0 Å². The quantitative estimate of drug-likeness (QED) is 0.905. The van der Waals surface area contributed by atoms with Gasteiger partial charge in [0.05, 0.1) is 6.20 Å². The van der Waals surface area contributed by atoms with Gasteiger partial charge in [-0.15, -0.1) is 0 Å². The van der Waals surface area contributed by atoms with E-state index in [2.05, 4.69) is 4.98 Å². The van der Waals surface area contributed by atoms with Crippen molar-refractivity contribution >= 4 is 5.97 Å². The van der Waals surface area contributed by atoms with Gasteiger partial charge < -0.3 is 9.84 Å². The van der Waals surface area contributed by atoms with Gasteiger partial charge in [0.15, 0.2) is 0 Å². The smallest absolute Gasteiger partial charge is 0.354 e. The molecule has 0 amide bonds. The minimum absolute atomic E-state index is 0.0314. The molecule has 18 heavy (non-hydrogen) atoms. The van der Waals surface area contributed by atoms with Gasteiger partial charge in [0.25, 0.3) is 0 Å². The number of carboxylic acids is 1. The van der Waals surface area contributed by atoms with Gasteiger partial charge in [0.1, 0.15) is 17.3 Å². The van der Waals surface area contributed by atoms with Gasteiger partial charge in [0, 0.05) is 12.6 Å². The van der Waals surface area contributed by atoms with Crippen LogP contribution in [0.3, 0.4) is 0 Å². The maximum atomic E-state index is 13.0. The van der Waals surface area contributed by atoms with Gasteiger partial charge in [-0.05, 0) is 19.1 Å². The molecule has 0 aliphatic heterocycles. The number of ether oxygens (including phenoxy) is 1. The van der Waals surface area contributed by atoms with Crippen molar-refractivity contribution in [3.05, 3.63) is 42.0 Å². The molecule has 94 valence electrons. The molecule has 0 radical (unpaired) electrons. The van der Waals surface area contributed by atoms with Gasteiger partial charge in [-0.1, -0.05) is 6.07 Å². The Bertz CT molecular complexity index is 580. The van der Waals surface area contributed by atoms with E-state index in [4.69, 9.17) is 9.84 Å². The average Bonchev–Trinajstić information content (AvgIpc) is 2.72. The van der Waals surface area contributed by atoms with E-state index in [-0.39, 0.29) is 17.5 Å². The zero-order chi connectivity index (χ0) is 13.1. The van der Waals surface area contributed by atoms with Crippen molar-refractivity contribution in [2.75, 3.05) is 0 Å². The molecule has 0 spiro atoms. The lowest BCUT2D eigenvalue weighted by molar-refractivity contribution is 0.0684. The molecular formula is C12H11FN2O3. The summed E-state index contributed by atoms with van der Waals surface area (Å²) in [5.41, 5.74) is 0.0314. The Labute approximate surface area is 102 Å². The topological polar surface area (TPSA) is 64.4 Å². The summed E-state index contributed by atoms with van der Waals surface area (Å²) < 4.78 is 19.7. The van der Waals surface area contributed by atoms with Gasteiger partial charge in [0.2, 0.25) is 0 Å². The molecule has 0 saturated heterocycles. The average molecular weight is 250 g/mol. The Hall–Kier alpha value is -2.37. The molecular weight excluding hydrogens is 239 g/mol. The van der Waals surface area contributed by atoms with Gasteiger partial charge in [-0.25, -0.2) is 14.2 Å². The number of halogens is 1. The lowest BCUT2D eigenvalue weighted by Gasteiger charge is -2.08. The molecule has 0 unspecified atom stereocenters. The summed E-state index contributed by atoms with van der Waals surface area (Å²) in [6.07, 6.45) is 1.21. The van der Waals surface area contributed by atoms with Crippen molar-refractivity contribution < 1.29 is 19.0 Å². The number of aromatic nitrogens is 2. The van der Waals surface area contributed by atoms with Crippen molar-refractivity contribution in [1.82, 2.24) is 9.55 Å². The van der Waals surface area contributed by atoms with Crippen LogP contribution in [0.2, 0.25) is 0 Å². The number of nitrogens with zero attached hydrogens (tertiary/aromatic N) is 2. The Balaban J connectivity index is 2.32. The highest BCUT2D eigenvalue weighted by Crippen LogP contribution is 2.22. The molecule has 1 aromatic heterocycles. The van der Waals surface area contributed by atoms with Crippen molar-refractivity contribution in [3.8, 4) is 11.8 Å². The molecule has 1 heterocycles. The van der Waals surface area contributed by atoms with E-state index in [1.54, 1.807) is 13.0 Å². The van der Waals surface area contributed by atoms with E-state index in [9.17, 15) is 9.18 Å². The zero-order valence-corrected chi connectivity index (χ0v) is 9.63. The third-order valence-corrected chi connectivity index (χ3v) is 2.36. The SMILES string of the molecule is CCn1c(C(=O)O)cnc1Oc1cccc(F)c1. The number of hydrogen-bond acceptors (Lipinski definition) is 3. The van der Waals surface area contributed by atoms with Crippen LogP contribution in [-0.4, -0.2) is 20.6 Å². The zero-order valence-electron chi connectivity index (χ0n) is 9.63. The second-order valence-electron chi connectivity index (χ2n) is 3.53. The van der Waals surface area contributed by atoms with Crippen molar-refractivity contribution in [1.29, 1.82) is 0 Å². The number of hydrogen-bond donors (Lipinski definition) is 1. The molecule has 2 aromatic rings. The Morgan fingerprint density at radius 1 is 1.56 bits per heavy atom. The molecule has 0 aliphatic rings. The molecule has 6 heteroatoms. The Morgan fingerprint density at radius 3 is 2.94 bits per heavy atom. The van der Waals surface area contributed by atoms with Crippen LogP contribution in [0.1, 0.15) is 17.4 Å². The lowest BCUT2D eigenvalue weighted by atomic mass is 10.3. The third kappa shape index (κ3) is 2.32. The molecule has 0 fully saturated rings. The predicted molar refractivity (Wildman–Crippen MR) is 61.3 cm³/mol. The molecule has 1 aromatic carbocycles. The molecule has 0 bridgehead atoms. The van der Waals surface area contributed by atoms with Crippen LogP contribution in [0.5, 0.6) is 11.8 Å². The summed E-state index contributed by atoms with van der Waals surface area (Å²) in [6, 6.07) is 5.69. The summed E-state index contributed by atoms with van der Waals surface area (Å²) in [7, 11) is 0. The minimum atomic E-state index is -1.08. The number of imidazole rings is 1. The van der Waals surface area contributed by atoms with Crippen molar-refractivity contribution in [2.24, 2.45) is 0 Å². The first-order valence-electron chi connectivity index (χ1n) is 5.34. The highest BCUT2D eigenvalue weighted by atomic mass is 19.1. The summed E-state index contributed by atoms with van der Waals surface area (Å²) in [5, 5.41) is 8.94. The van der Waals surface area contributed by atoms with Crippen LogP contribution in [0, 0.1) is 5.82 Å². The van der Waals surface area contributed by atoms with E-state index in [1.807, 2.05) is 0 Å². The lowest BCUT2D eigenvalue weighted by Crippen LogP contribution is -2.08. The van der Waals surface area contributed by atoms with E-state index < -0.39 is 11.8 Å². The molecule has 0 aliphatic carbocycles. The number of rotatable bonds is 4. The second kappa shape index (κ2) is 4.87. The van der Waals surface area contributed by atoms with Crippen LogP contribution in [0.25, 0.3) is 0 Å². The van der Waals surface area contributed by atoms with Gasteiger partial charge in [-0.3, -0.25) is 4.57 Å². The monoisotopic (exact) mass is 250 g/mol. The maximum Gasteiger partial charge on any atom is 0.354 e. The van der Waals surface area contributed by atoms with E-state index >= 15 is 0 Å². The highest BCUT2D eigenvalue weighted by Gasteiger charge is 2.15. The summed E-state index contributed by atoms with van der Waals surface area (Å²) >= 11 is 0. The number of carbonyl (C=O) groups is 1. The van der Waals surface area contributed by atoms with E-state index in [0.717, 1.165) is 0 Å². The summed E-state index contributed by atoms with van der Waals surface area (Å²) in [6.45, 7) is 2.17. The second-order valence-corrected chi connectivity index (χ2v) is 3.53. The predicted octanol–water partition coefficient (Wildman–Crippen LogP) is 2.53. The first-order chi connectivity index (χ1) is 8.61. The minimum Gasteiger partial charge on any atom is -0.477 e. The standard InChI is InChI=1S/C12H11FN2O3/c1-2-15-10(11(16)17)7-14-12(15)18-9-5-3-4-8(13)6-9/h3-7H,2H2,1H3,(H,16,17). The number of aromatic carboxylic acids is 1. The van der Waals surface area contributed by atoms with Crippen LogP contribution in [-0.2, 0) is 6.54 Å².